The van der Waals surface area contributed by atoms with Gasteiger partial charge in [0.25, 0.3) is 0 Å². The van der Waals surface area contributed by atoms with Gasteiger partial charge in [0.1, 0.15) is 0 Å². The van der Waals surface area contributed by atoms with E-state index in [4.69, 9.17) is 0 Å². The average molecular weight is 262 g/mol. The summed E-state index contributed by atoms with van der Waals surface area (Å²) in [6.45, 7) is 0. The lowest BCUT2D eigenvalue weighted by Crippen LogP contribution is -2.35. The fraction of sp³-hybridized carbons (Fsp3) is 0.867. The number of aromatic nitrogens is 3. The number of fused-ring (bicyclic) bond motifs is 1. The molecule has 0 radical (unpaired) electrons. The van der Waals surface area contributed by atoms with Gasteiger partial charge in [-0.3, -0.25) is 4.68 Å². The molecule has 0 bridgehead atoms. The molecular formula is C15H26N4. The van der Waals surface area contributed by atoms with Gasteiger partial charge in [0, 0.05) is 7.05 Å². The summed E-state index contributed by atoms with van der Waals surface area (Å²) < 4.78 is 1.92. The second-order valence-electron chi connectivity index (χ2n) is 6.43. The summed E-state index contributed by atoms with van der Waals surface area (Å²) in [5.74, 6) is 2.75. The summed E-state index contributed by atoms with van der Waals surface area (Å²) in [5.41, 5.74) is 1.24. The van der Waals surface area contributed by atoms with E-state index in [-0.39, 0.29) is 0 Å². The van der Waals surface area contributed by atoms with Gasteiger partial charge in [0.05, 0.1) is 17.9 Å². The highest BCUT2D eigenvalue weighted by Crippen LogP contribution is 2.45. The van der Waals surface area contributed by atoms with Gasteiger partial charge < -0.3 is 5.32 Å². The molecule has 1 N–H and O–H groups in total. The number of aryl methyl sites for hydroxylation is 1. The zero-order chi connectivity index (χ0) is 13.2. The molecule has 2 fully saturated rings. The molecule has 1 aromatic rings. The molecule has 0 aromatic carbocycles. The van der Waals surface area contributed by atoms with Crippen LogP contribution >= 0.6 is 0 Å². The first-order valence-electron chi connectivity index (χ1n) is 7.81. The van der Waals surface area contributed by atoms with E-state index in [9.17, 15) is 0 Å². The van der Waals surface area contributed by atoms with E-state index in [1.807, 2.05) is 17.9 Å². The SMILES string of the molecule is CNC(c1cnnn1C)C1CCC2CCCCC2C1. The van der Waals surface area contributed by atoms with E-state index >= 15 is 0 Å². The Kier molecular flexibility index (Phi) is 3.87. The highest BCUT2D eigenvalue weighted by molar-refractivity contribution is 5.05. The normalized spacial score (nSPS) is 32.8. The predicted octanol–water partition coefficient (Wildman–Crippen LogP) is 2.68. The molecule has 2 aliphatic carbocycles. The van der Waals surface area contributed by atoms with Crippen molar-refractivity contribution in [2.75, 3.05) is 7.05 Å². The molecule has 19 heavy (non-hydrogen) atoms. The summed E-state index contributed by atoms with van der Waals surface area (Å²) in [5, 5.41) is 11.6. The van der Waals surface area contributed by atoms with Crippen LogP contribution in [0.3, 0.4) is 0 Å². The van der Waals surface area contributed by atoms with Crippen LogP contribution in [0.2, 0.25) is 0 Å². The maximum absolute atomic E-state index is 4.09. The van der Waals surface area contributed by atoms with Crippen molar-refractivity contribution in [2.24, 2.45) is 24.8 Å². The minimum Gasteiger partial charge on any atom is -0.311 e. The number of hydrogen-bond acceptors (Lipinski definition) is 3. The van der Waals surface area contributed by atoms with Gasteiger partial charge in [-0.2, -0.15) is 0 Å². The summed E-state index contributed by atoms with van der Waals surface area (Å²) in [6.07, 6.45) is 12.0. The molecule has 4 atom stereocenters. The highest BCUT2D eigenvalue weighted by atomic mass is 15.4. The van der Waals surface area contributed by atoms with Gasteiger partial charge in [0.2, 0.25) is 0 Å². The molecule has 0 spiro atoms. The summed E-state index contributed by atoms with van der Waals surface area (Å²) in [4.78, 5) is 0. The Morgan fingerprint density at radius 2 is 2.00 bits per heavy atom. The number of rotatable bonds is 3. The lowest BCUT2D eigenvalue weighted by atomic mass is 9.66. The van der Waals surface area contributed by atoms with Gasteiger partial charge in [-0.15, -0.1) is 5.10 Å². The van der Waals surface area contributed by atoms with Crippen molar-refractivity contribution in [3.8, 4) is 0 Å². The molecule has 1 aromatic heterocycles. The third-order valence-corrected chi connectivity index (χ3v) is 5.43. The molecule has 1 heterocycles. The zero-order valence-corrected chi connectivity index (χ0v) is 12.2. The highest BCUT2D eigenvalue weighted by Gasteiger charge is 2.36. The molecule has 4 unspecified atom stereocenters. The van der Waals surface area contributed by atoms with Crippen LogP contribution in [0.4, 0.5) is 0 Å². The zero-order valence-electron chi connectivity index (χ0n) is 12.2. The van der Waals surface area contributed by atoms with E-state index in [1.165, 1.54) is 50.6 Å². The average Bonchev–Trinajstić information content (AvgIpc) is 2.86. The smallest absolute Gasteiger partial charge is 0.0755 e. The van der Waals surface area contributed by atoms with Crippen LogP contribution in [0.15, 0.2) is 6.20 Å². The van der Waals surface area contributed by atoms with Gasteiger partial charge >= 0.3 is 0 Å². The van der Waals surface area contributed by atoms with Crippen LogP contribution in [0, 0.1) is 17.8 Å². The molecule has 2 aliphatic rings. The third-order valence-electron chi connectivity index (χ3n) is 5.43. The number of nitrogens with one attached hydrogen (secondary N) is 1. The van der Waals surface area contributed by atoms with E-state index in [0.717, 1.165) is 17.8 Å². The Balaban J connectivity index is 1.72. The second-order valence-corrected chi connectivity index (χ2v) is 6.43. The van der Waals surface area contributed by atoms with Crippen molar-refractivity contribution >= 4 is 0 Å². The summed E-state index contributed by atoms with van der Waals surface area (Å²) >= 11 is 0. The van der Waals surface area contributed by atoms with Gasteiger partial charge in [-0.1, -0.05) is 30.9 Å². The van der Waals surface area contributed by atoms with Crippen LogP contribution in [-0.2, 0) is 7.05 Å². The van der Waals surface area contributed by atoms with E-state index in [0.29, 0.717) is 6.04 Å². The van der Waals surface area contributed by atoms with Crippen molar-refractivity contribution in [3.05, 3.63) is 11.9 Å². The quantitative estimate of drug-likeness (QED) is 0.910. The van der Waals surface area contributed by atoms with Gasteiger partial charge in [-0.25, -0.2) is 0 Å². The van der Waals surface area contributed by atoms with Crippen molar-refractivity contribution in [3.63, 3.8) is 0 Å². The van der Waals surface area contributed by atoms with E-state index < -0.39 is 0 Å². The van der Waals surface area contributed by atoms with Gasteiger partial charge in [-0.05, 0) is 44.1 Å². The molecular weight excluding hydrogens is 236 g/mol. The van der Waals surface area contributed by atoms with Crippen LogP contribution < -0.4 is 5.32 Å². The molecule has 0 saturated heterocycles. The minimum atomic E-state index is 0.419. The van der Waals surface area contributed by atoms with Crippen LogP contribution in [0.1, 0.15) is 56.7 Å². The fourth-order valence-electron chi connectivity index (χ4n) is 4.42. The second kappa shape index (κ2) is 5.61. The Morgan fingerprint density at radius 3 is 2.68 bits per heavy atom. The molecule has 4 nitrogen and oxygen atoms in total. The molecule has 3 rings (SSSR count). The number of hydrogen-bond donors (Lipinski definition) is 1. The topological polar surface area (TPSA) is 42.7 Å². The fourth-order valence-corrected chi connectivity index (χ4v) is 4.42. The van der Waals surface area contributed by atoms with Crippen LogP contribution in [-0.4, -0.2) is 22.0 Å². The molecule has 0 aliphatic heterocycles. The lowest BCUT2D eigenvalue weighted by molar-refractivity contribution is 0.109. The minimum absolute atomic E-state index is 0.419. The van der Waals surface area contributed by atoms with Crippen molar-refractivity contribution in [1.82, 2.24) is 20.3 Å². The van der Waals surface area contributed by atoms with Crippen LogP contribution in [0.5, 0.6) is 0 Å². The Morgan fingerprint density at radius 1 is 1.21 bits per heavy atom. The van der Waals surface area contributed by atoms with Crippen molar-refractivity contribution in [1.29, 1.82) is 0 Å². The first kappa shape index (κ1) is 13.1. The Labute approximate surface area is 116 Å². The molecule has 0 amide bonds. The molecule has 4 heteroatoms. The van der Waals surface area contributed by atoms with Gasteiger partial charge in [0.15, 0.2) is 0 Å². The van der Waals surface area contributed by atoms with Crippen molar-refractivity contribution in [2.45, 2.75) is 51.0 Å². The first-order valence-corrected chi connectivity index (χ1v) is 7.81. The largest absolute Gasteiger partial charge is 0.311 e. The number of nitrogens with zero attached hydrogens (tertiary/aromatic N) is 3. The maximum atomic E-state index is 4.09. The maximum Gasteiger partial charge on any atom is 0.0755 e. The molecule has 2 saturated carbocycles. The first-order chi connectivity index (χ1) is 9.29. The predicted molar refractivity (Wildman–Crippen MR) is 75.6 cm³/mol. The van der Waals surface area contributed by atoms with Crippen LogP contribution in [0.25, 0.3) is 0 Å². The van der Waals surface area contributed by atoms with E-state index in [2.05, 4.69) is 22.7 Å². The summed E-state index contributed by atoms with van der Waals surface area (Å²) in [6, 6.07) is 0.419. The van der Waals surface area contributed by atoms with E-state index in [1.54, 1.807) is 0 Å². The van der Waals surface area contributed by atoms with Crippen molar-refractivity contribution < 1.29 is 0 Å². The monoisotopic (exact) mass is 262 g/mol. The lowest BCUT2D eigenvalue weighted by Gasteiger charge is -2.41. The summed E-state index contributed by atoms with van der Waals surface area (Å²) in [7, 11) is 4.07. The molecule has 106 valence electrons. The standard InChI is InChI=1S/C15H26N4/c1-16-15(14-10-17-18-19(14)2)13-8-7-11-5-3-4-6-12(11)9-13/h10-13,15-16H,3-9H2,1-2H3. The third kappa shape index (κ3) is 2.55. The Bertz CT molecular complexity index is 414. The Hall–Kier alpha value is -0.900.